The zero-order valence-electron chi connectivity index (χ0n) is 11.0. The van der Waals surface area contributed by atoms with Gasteiger partial charge in [0.2, 0.25) is 0 Å². The first kappa shape index (κ1) is 13.5. The van der Waals surface area contributed by atoms with E-state index in [-0.39, 0.29) is 5.56 Å². The van der Waals surface area contributed by atoms with Gasteiger partial charge < -0.3 is 10.0 Å². The molecule has 0 aromatic carbocycles. The lowest BCUT2D eigenvalue weighted by Gasteiger charge is -2.23. The van der Waals surface area contributed by atoms with Crippen molar-refractivity contribution in [1.29, 1.82) is 0 Å². The molecule has 0 aliphatic carbocycles. The fourth-order valence-electron chi connectivity index (χ4n) is 1.94. The number of rotatable bonds is 5. The van der Waals surface area contributed by atoms with Crippen LogP contribution in [0, 0.1) is 6.92 Å². The van der Waals surface area contributed by atoms with Crippen LogP contribution in [0.4, 0.5) is 5.82 Å². The summed E-state index contributed by atoms with van der Waals surface area (Å²) in [5.74, 6) is -0.0932. The van der Waals surface area contributed by atoms with Gasteiger partial charge in [-0.1, -0.05) is 6.07 Å². The van der Waals surface area contributed by atoms with Gasteiger partial charge in [-0.15, -0.1) is 11.3 Å². The highest BCUT2D eigenvalue weighted by Gasteiger charge is 2.13. The minimum absolute atomic E-state index is 0.230. The molecule has 5 heteroatoms. The molecule has 0 radical (unpaired) electrons. The number of carboxylic acids is 1. The molecule has 19 heavy (non-hydrogen) atoms. The van der Waals surface area contributed by atoms with Crippen LogP contribution < -0.4 is 4.90 Å². The van der Waals surface area contributed by atoms with Crippen molar-refractivity contribution in [2.75, 3.05) is 11.4 Å². The fraction of sp³-hybridized carbons (Fsp3) is 0.286. The smallest absolute Gasteiger partial charge is 0.337 e. The van der Waals surface area contributed by atoms with Crippen molar-refractivity contribution in [3.05, 3.63) is 45.8 Å². The average molecular weight is 276 g/mol. The maximum absolute atomic E-state index is 10.9. The number of carboxylic acid groups (broad SMARTS) is 1. The van der Waals surface area contributed by atoms with Gasteiger partial charge in [-0.3, -0.25) is 0 Å². The minimum atomic E-state index is -0.941. The summed E-state index contributed by atoms with van der Waals surface area (Å²) in [5.41, 5.74) is 1.12. The zero-order valence-corrected chi connectivity index (χ0v) is 11.8. The third-order valence-electron chi connectivity index (χ3n) is 2.91. The Morgan fingerprint density at radius 1 is 1.53 bits per heavy atom. The molecule has 0 unspecified atom stereocenters. The first-order valence-electron chi connectivity index (χ1n) is 6.09. The van der Waals surface area contributed by atoms with Crippen molar-refractivity contribution in [1.82, 2.24) is 4.98 Å². The second-order valence-electron chi connectivity index (χ2n) is 4.26. The number of aromatic carboxylic acids is 1. The number of hydrogen-bond donors (Lipinski definition) is 1. The molecule has 0 aliphatic heterocycles. The Balaban J connectivity index is 2.25. The number of pyridine rings is 1. The Hall–Kier alpha value is -1.88. The summed E-state index contributed by atoms with van der Waals surface area (Å²) in [7, 11) is 0. The molecule has 2 aromatic heterocycles. The van der Waals surface area contributed by atoms with Crippen LogP contribution in [0.25, 0.3) is 0 Å². The first-order chi connectivity index (χ1) is 9.11. The van der Waals surface area contributed by atoms with Crippen molar-refractivity contribution in [2.24, 2.45) is 0 Å². The van der Waals surface area contributed by atoms with Crippen LogP contribution in [0.2, 0.25) is 0 Å². The standard InChI is InChI=1S/C14H16N2O2S/c1-3-16(9-12-5-4-6-19-12)13-10(2)7-11(8-15-13)14(17)18/h4-8H,3,9H2,1-2H3,(H,17,18). The van der Waals surface area contributed by atoms with Gasteiger partial charge in [0.15, 0.2) is 0 Å². The molecule has 2 aromatic rings. The van der Waals surface area contributed by atoms with Crippen molar-refractivity contribution in [2.45, 2.75) is 20.4 Å². The van der Waals surface area contributed by atoms with E-state index in [0.717, 1.165) is 24.5 Å². The molecule has 0 saturated heterocycles. The Morgan fingerprint density at radius 3 is 2.84 bits per heavy atom. The molecule has 1 N–H and O–H groups in total. The number of anilines is 1. The average Bonchev–Trinajstić information content (AvgIpc) is 2.89. The van der Waals surface area contributed by atoms with E-state index in [0.29, 0.717) is 0 Å². The normalized spacial score (nSPS) is 10.4. The molecule has 2 rings (SSSR count). The largest absolute Gasteiger partial charge is 0.478 e. The van der Waals surface area contributed by atoms with Crippen LogP contribution in [-0.2, 0) is 6.54 Å². The van der Waals surface area contributed by atoms with Gasteiger partial charge in [0, 0.05) is 17.6 Å². The molecule has 0 fully saturated rings. The van der Waals surface area contributed by atoms with E-state index >= 15 is 0 Å². The number of aromatic nitrogens is 1. The Kier molecular flexibility index (Phi) is 4.16. The highest BCUT2D eigenvalue weighted by atomic mass is 32.1. The SMILES string of the molecule is CCN(Cc1cccs1)c1ncc(C(=O)O)cc1C. The van der Waals surface area contributed by atoms with Gasteiger partial charge in [-0.05, 0) is 36.9 Å². The van der Waals surface area contributed by atoms with Crippen LogP contribution in [-0.4, -0.2) is 22.6 Å². The van der Waals surface area contributed by atoms with Gasteiger partial charge in [0.05, 0.1) is 12.1 Å². The molecule has 0 bridgehead atoms. The minimum Gasteiger partial charge on any atom is -0.478 e. The Morgan fingerprint density at radius 2 is 2.32 bits per heavy atom. The number of nitrogens with zero attached hydrogens (tertiary/aromatic N) is 2. The first-order valence-corrected chi connectivity index (χ1v) is 6.97. The zero-order chi connectivity index (χ0) is 13.8. The van der Waals surface area contributed by atoms with Crippen LogP contribution in [0.5, 0.6) is 0 Å². The summed E-state index contributed by atoms with van der Waals surface area (Å²) in [6.45, 7) is 5.60. The summed E-state index contributed by atoms with van der Waals surface area (Å²) >= 11 is 1.71. The van der Waals surface area contributed by atoms with E-state index < -0.39 is 5.97 Å². The molecule has 0 saturated carbocycles. The molecule has 2 heterocycles. The number of aryl methyl sites for hydroxylation is 1. The summed E-state index contributed by atoms with van der Waals surface area (Å²) in [4.78, 5) is 18.6. The monoisotopic (exact) mass is 276 g/mol. The topological polar surface area (TPSA) is 53.4 Å². The van der Waals surface area contributed by atoms with Crippen molar-refractivity contribution >= 4 is 23.1 Å². The van der Waals surface area contributed by atoms with Gasteiger partial charge in [-0.2, -0.15) is 0 Å². The molecule has 0 aliphatic rings. The lowest BCUT2D eigenvalue weighted by Crippen LogP contribution is -2.23. The lowest BCUT2D eigenvalue weighted by molar-refractivity contribution is 0.0696. The molecule has 0 amide bonds. The van der Waals surface area contributed by atoms with Gasteiger partial charge in [0.25, 0.3) is 0 Å². The van der Waals surface area contributed by atoms with Crippen LogP contribution >= 0.6 is 11.3 Å². The van der Waals surface area contributed by atoms with E-state index in [1.54, 1.807) is 17.4 Å². The second-order valence-corrected chi connectivity index (χ2v) is 5.30. The summed E-state index contributed by atoms with van der Waals surface area (Å²) in [6.07, 6.45) is 1.42. The Bertz CT molecular complexity index is 567. The maximum atomic E-state index is 10.9. The van der Waals surface area contributed by atoms with E-state index in [9.17, 15) is 4.79 Å². The van der Waals surface area contributed by atoms with Gasteiger partial charge in [0.1, 0.15) is 5.82 Å². The molecule has 0 atom stereocenters. The third-order valence-corrected chi connectivity index (χ3v) is 3.77. The van der Waals surface area contributed by atoms with Crippen LogP contribution in [0.15, 0.2) is 29.8 Å². The quantitative estimate of drug-likeness (QED) is 0.911. The maximum Gasteiger partial charge on any atom is 0.337 e. The predicted octanol–water partition coefficient (Wildman–Crippen LogP) is 3.18. The fourth-order valence-corrected chi connectivity index (χ4v) is 2.66. The second kappa shape index (κ2) is 5.84. The van der Waals surface area contributed by atoms with Crippen LogP contribution in [0.3, 0.4) is 0 Å². The van der Waals surface area contributed by atoms with Crippen molar-refractivity contribution < 1.29 is 9.90 Å². The van der Waals surface area contributed by atoms with E-state index in [2.05, 4.69) is 28.3 Å². The molecule has 0 spiro atoms. The number of thiophene rings is 1. The third kappa shape index (κ3) is 3.12. The van der Waals surface area contributed by atoms with E-state index in [1.807, 2.05) is 13.0 Å². The lowest BCUT2D eigenvalue weighted by atomic mass is 10.2. The Labute approximate surface area is 116 Å². The highest BCUT2D eigenvalue weighted by Crippen LogP contribution is 2.21. The van der Waals surface area contributed by atoms with E-state index in [4.69, 9.17) is 5.11 Å². The van der Waals surface area contributed by atoms with E-state index in [1.165, 1.54) is 11.1 Å². The predicted molar refractivity (Wildman–Crippen MR) is 77.0 cm³/mol. The number of hydrogen-bond acceptors (Lipinski definition) is 4. The molecule has 100 valence electrons. The molecular weight excluding hydrogens is 260 g/mol. The van der Waals surface area contributed by atoms with Crippen molar-refractivity contribution in [3.63, 3.8) is 0 Å². The van der Waals surface area contributed by atoms with Gasteiger partial charge >= 0.3 is 5.97 Å². The molecular formula is C14H16N2O2S. The summed E-state index contributed by atoms with van der Waals surface area (Å²) < 4.78 is 0. The van der Waals surface area contributed by atoms with Crippen LogP contribution in [0.1, 0.15) is 27.7 Å². The number of carbonyl (C=O) groups is 1. The van der Waals surface area contributed by atoms with Gasteiger partial charge in [-0.25, -0.2) is 9.78 Å². The molecule has 4 nitrogen and oxygen atoms in total. The highest BCUT2D eigenvalue weighted by molar-refractivity contribution is 7.09. The van der Waals surface area contributed by atoms with Crippen molar-refractivity contribution in [3.8, 4) is 0 Å². The summed E-state index contributed by atoms with van der Waals surface area (Å²) in [5, 5.41) is 11.0. The summed E-state index contributed by atoms with van der Waals surface area (Å²) in [6, 6.07) is 5.79.